The van der Waals surface area contributed by atoms with E-state index in [0.29, 0.717) is 30.2 Å². The van der Waals surface area contributed by atoms with E-state index in [4.69, 9.17) is 25.8 Å². The van der Waals surface area contributed by atoms with E-state index >= 15 is 0 Å². The molecule has 0 spiro atoms. The van der Waals surface area contributed by atoms with Crippen molar-refractivity contribution in [3.63, 3.8) is 0 Å². The molecule has 1 aliphatic heterocycles. The van der Waals surface area contributed by atoms with E-state index in [1.165, 1.54) is 19.8 Å². The summed E-state index contributed by atoms with van der Waals surface area (Å²) in [5, 5.41) is 0.728. The second-order valence-corrected chi connectivity index (χ2v) is 7.36. The Balaban J connectivity index is 1.48. The third kappa shape index (κ3) is 5.64. The average Bonchev–Trinajstić information content (AvgIpc) is 2.78. The number of carbonyl (C=O) groups is 2. The Morgan fingerprint density at radius 2 is 1.70 bits per heavy atom. The van der Waals surface area contributed by atoms with Gasteiger partial charge in [-0.15, -0.1) is 0 Å². The molecule has 160 valence electrons. The maximum absolute atomic E-state index is 12.5. The van der Waals surface area contributed by atoms with Crippen molar-refractivity contribution in [1.82, 2.24) is 9.80 Å². The number of rotatable bonds is 7. The Hall–Kier alpha value is -2.77. The number of methoxy groups -OCH3 is 2. The van der Waals surface area contributed by atoms with Gasteiger partial charge in [-0.1, -0.05) is 23.7 Å². The number of nitrogens with zero attached hydrogens (tertiary/aromatic N) is 2. The summed E-state index contributed by atoms with van der Waals surface area (Å²) in [5.74, 6) is 0.222. The van der Waals surface area contributed by atoms with Crippen LogP contribution in [-0.2, 0) is 16.1 Å². The minimum atomic E-state index is -0.494. The smallest absolute Gasteiger partial charge is 0.341 e. The van der Waals surface area contributed by atoms with Crippen LogP contribution < -0.4 is 9.47 Å². The van der Waals surface area contributed by atoms with Gasteiger partial charge in [0, 0.05) is 43.8 Å². The van der Waals surface area contributed by atoms with Gasteiger partial charge in [0.1, 0.15) is 17.1 Å². The minimum absolute atomic E-state index is 0.0715. The lowest BCUT2D eigenvalue weighted by molar-refractivity contribution is -0.135. The van der Waals surface area contributed by atoms with Crippen molar-refractivity contribution in [2.45, 2.75) is 6.54 Å². The lowest BCUT2D eigenvalue weighted by Gasteiger charge is -2.34. The van der Waals surface area contributed by atoms with Crippen LogP contribution in [-0.4, -0.2) is 68.7 Å². The predicted octanol–water partition coefficient (Wildman–Crippen LogP) is 2.86. The van der Waals surface area contributed by atoms with Crippen molar-refractivity contribution in [2.24, 2.45) is 0 Å². The molecule has 0 radical (unpaired) electrons. The first-order valence-corrected chi connectivity index (χ1v) is 10.0. The molecule has 8 heteroatoms. The minimum Gasteiger partial charge on any atom is -0.496 e. The first-order chi connectivity index (χ1) is 14.5. The Labute approximate surface area is 181 Å². The van der Waals surface area contributed by atoms with Gasteiger partial charge in [0.25, 0.3) is 5.91 Å². The summed E-state index contributed by atoms with van der Waals surface area (Å²) in [6.07, 6.45) is 0. The van der Waals surface area contributed by atoms with Gasteiger partial charge >= 0.3 is 5.97 Å². The van der Waals surface area contributed by atoms with Crippen LogP contribution in [0.3, 0.4) is 0 Å². The summed E-state index contributed by atoms with van der Waals surface area (Å²) in [6.45, 7) is 3.67. The van der Waals surface area contributed by atoms with Crippen molar-refractivity contribution in [3.05, 3.63) is 58.6 Å². The summed E-state index contributed by atoms with van der Waals surface area (Å²) in [6, 6.07) is 12.6. The Kier molecular flexibility index (Phi) is 7.54. The van der Waals surface area contributed by atoms with Gasteiger partial charge < -0.3 is 19.1 Å². The first kappa shape index (κ1) is 21.9. The third-order valence-electron chi connectivity index (χ3n) is 4.99. The molecule has 2 aromatic rings. The van der Waals surface area contributed by atoms with E-state index in [2.05, 4.69) is 4.90 Å². The van der Waals surface area contributed by atoms with Crippen molar-refractivity contribution < 1.29 is 23.8 Å². The molecule has 1 fully saturated rings. The molecular weight excluding hydrogens is 408 g/mol. The molecule has 1 aliphatic rings. The van der Waals surface area contributed by atoms with Crippen LogP contribution in [0.25, 0.3) is 0 Å². The average molecular weight is 433 g/mol. The Morgan fingerprint density at radius 1 is 1.00 bits per heavy atom. The van der Waals surface area contributed by atoms with Gasteiger partial charge in [-0.2, -0.15) is 0 Å². The summed E-state index contributed by atoms with van der Waals surface area (Å²) < 4.78 is 15.5. The first-order valence-electron chi connectivity index (χ1n) is 9.64. The van der Waals surface area contributed by atoms with Crippen LogP contribution in [0.1, 0.15) is 15.9 Å². The van der Waals surface area contributed by atoms with Crippen LogP contribution in [0.2, 0.25) is 5.02 Å². The SMILES string of the molecule is COC(=O)c1ccc(OCC(=O)N2CCN(Cc3ccc(Cl)cc3)CC2)cc1OC. The number of halogens is 1. The molecule has 0 aliphatic carbocycles. The predicted molar refractivity (Wildman–Crippen MR) is 113 cm³/mol. The van der Waals surface area contributed by atoms with E-state index in [1.54, 1.807) is 23.1 Å². The quantitative estimate of drug-likeness (QED) is 0.627. The molecule has 1 amide bonds. The zero-order valence-corrected chi connectivity index (χ0v) is 17.9. The zero-order chi connectivity index (χ0) is 21.5. The normalized spacial score (nSPS) is 14.3. The lowest BCUT2D eigenvalue weighted by Crippen LogP contribution is -2.49. The van der Waals surface area contributed by atoms with E-state index in [-0.39, 0.29) is 12.5 Å². The molecule has 0 saturated carbocycles. The van der Waals surface area contributed by atoms with E-state index in [9.17, 15) is 9.59 Å². The van der Waals surface area contributed by atoms with Gasteiger partial charge in [-0.05, 0) is 29.8 Å². The van der Waals surface area contributed by atoms with Gasteiger partial charge in [0.2, 0.25) is 0 Å². The molecule has 0 N–H and O–H groups in total. The van der Waals surface area contributed by atoms with Gasteiger partial charge in [-0.3, -0.25) is 9.69 Å². The fourth-order valence-electron chi connectivity index (χ4n) is 3.28. The summed E-state index contributed by atoms with van der Waals surface area (Å²) in [4.78, 5) is 28.3. The number of esters is 1. The second kappa shape index (κ2) is 10.3. The van der Waals surface area contributed by atoms with Gasteiger partial charge in [0.05, 0.1) is 14.2 Å². The lowest BCUT2D eigenvalue weighted by atomic mass is 10.2. The molecule has 7 nitrogen and oxygen atoms in total. The van der Waals surface area contributed by atoms with E-state index in [0.717, 1.165) is 24.7 Å². The summed E-state index contributed by atoms with van der Waals surface area (Å²) in [5.41, 5.74) is 1.50. The van der Waals surface area contributed by atoms with Crippen molar-refractivity contribution in [1.29, 1.82) is 0 Å². The highest BCUT2D eigenvalue weighted by molar-refractivity contribution is 6.30. The highest BCUT2D eigenvalue weighted by Gasteiger charge is 2.22. The Morgan fingerprint density at radius 3 is 2.33 bits per heavy atom. The largest absolute Gasteiger partial charge is 0.496 e. The van der Waals surface area contributed by atoms with Crippen LogP contribution >= 0.6 is 11.6 Å². The van der Waals surface area contributed by atoms with Gasteiger partial charge in [-0.25, -0.2) is 4.79 Å². The van der Waals surface area contributed by atoms with Crippen LogP contribution in [0.15, 0.2) is 42.5 Å². The monoisotopic (exact) mass is 432 g/mol. The number of carbonyl (C=O) groups excluding carboxylic acids is 2. The topological polar surface area (TPSA) is 68.3 Å². The number of piperazine rings is 1. The number of hydrogen-bond acceptors (Lipinski definition) is 6. The molecule has 0 atom stereocenters. The molecule has 2 aromatic carbocycles. The molecule has 1 saturated heterocycles. The van der Waals surface area contributed by atoms with Crippen molar-refractivity contribution in [3.8, 4) is 11.5 Å². The second-order valence-electron chi connectivity index (χ2n) is 6.93. The summed E-state index contributed by atoms with van der Waals surface area (Å²) in [7, 11) is 2.76. The van der Waals surface area contributed by atoms with Crippen LogP contribution in [0, 0.1) is 0 Å². The molecule has 3 rings (SSSR count). The molecule has 0 unspecified atom stereocenters. The van der Waals surface area contributed by atoms with Crippen molar-refractivity contribution in [2.75, 3.05) is 47.0 Å². The van der Waals surface area contributed by atoms with Crippen LogP contribution in [0.5, 0.6) is 11.5 Å². The molecule has 0 bridgehead atoms. The maximum atomic E-state index is 12.5. The number of hydrogen-bond donors (Lipinski definition) is 0. The molecule has 1 heterocycles. The number of amides is 1. The zero-order valence-electron chi connectivity index (χ0n) is 17.1. The van der Waals surface area contributed by atoms with Gasteiger partial charge in [0.15, 0.2) is 6.61 Å². The summed E-state index contributed by atoms with van der Waals surface area (Å²) >= 11 is 5.93. The standard InChI is InChI=1S/C22H25ClN2O5/c1-28-20-13-18(7-8-19(20)22(27)29-2)30-15-21(26)25-11-9-24(10-12-25)14-16-3-5-17(23)6-4-16/h3-8,13H,9-12,14-15H2,1-2H3. The fourth-order valence-corrected chi connectivity index (χ4v) is 3.41. The third-order valence-corrected chi connectivity index (χ3v) is 5.24. The maximum Gasteiger partial charge on any atom is 0.341 e. The number of benzene rings is 2. The number of ether oxygens (including phenoxy) is 3. The fraction of sp³-hybridized carbons (Fsp3) is 0.364. The molecular formula is C22H25ClN2O5. The van der Waals surface area contributed by atoms with Crippen LogP contribution in [0.4, 0.5) is 0 Å². The van der Waals surface area contributed by atoms with Crippen molar-refractivity contribution >= 4 is 23.5 Å². The molecule has 0 aromatic heterocycles. The highest BCUT2D eigenvalue weighted by atomic mass is 35.5. The molecule has 30 heavy (non-hydrogen) atoms. The highest BCUT2D eigenvalue weighted by Crippen LogP contribution is 2.25. The Bertz CT molecular complexity index is 880. The van der Waals surface area contributed by atoms with E-state index < -0.39 is 5.97 Å². The van der Waals surface area contributed by atoms with E-state index in [1.807, 2.05) is 24.3 Å².